The van der Waals surface area contributed by atoms with Crippen molar-refractivity contribution in [2.24, 2.45) is 0 Å². The summed E-state index contributed by atoms with van der Waals surface area (Å²) in [5, 5.41) is 3.25. The van der Waals surface area contributed by atoms with E-state index in [9.17, 15) is 18.4 Å². The molecule has 0 saturated heterocycles. The van der Waals surface area contributed by atoms with Gasteiger partial charge in [0.1, 0.15) is 12.1 Å². The second kappa shape index (κ2) is 7.71. The first kappa shape index (κ1) is 18.6. The molecule has 1 amide bonds. The van der Waals surface area contributed by atoms with E-state index in [1.165, 1.54) is 10.6 Å². The maximum absolute atomic E-state index is 13.3. The lowest BCUT2D eigenvalue weighted by Gasteiger charge is -2.10. The highest BCUT2D eigenvalue weighted by molar-refractivity contribution is 5.90. The van der Waals surface area contributed by atoms with Crippen molar-refractivity contribution in [3.63, 3.8) is 0 Å². The van der Waals surface area contributed by atoms with Crippen LogP contribution in [0.3, 0.4) is 0 Å². The summed E-state index contributed by atoms with van der Waals surface area (Å²) in [6.07, 6.45) is 3.38. The third-order valence-corrected chi connectivity index (χ3v) is 4.61. The molecule has 0 spiro atoms. The predicted octanol–water partition coefficient (Wildman–Crippen LogP) is 3.77. The Morgan fingerprint density at radius 1 is 0.897 bits per heavy atom. The minimum Gasteiger partial charge on any atom is -0.339 e. The Morgan fingerprint density at radius 2 is 1.62 bits per heavy atom. The summed E-state index contributed by atoms with van der Waals surface area (Å²) in [4.78, 5) is 25.2. The number of nitrogens with zero attached hydrogens (tertiary/aromatic N) is 2. The van der Waals surface area contributed by atoms with Crippen molar-refractivity contribution >= 4 is 22.5 Å². The minimum absolute atomic E-state index is 0.121. The molecule has 0 radical (unpaired) electrons. The van der Waals surface area contributed by atoms with Gasteiger partial charge in [-0.05, 0) is 29.8 Å². The van der Waals surface area contributed by atoms with Crippen LogP contribution < -0.4 is 10.9 Å². The lowest BCUT2D eigenvalue weighted by Crippen LogP contribution is -2.28. The largest absolute Gasteiger partial charge is 0.339 e. The van der Waals surface area contributed by atoms with Gasteiger partial charge in [0.05, 0.1) is 0 Å². The van der Waals surface area contributed by atoms with E-state index in [1.54, 1.807) is 12.3 Å². The normalized spacial score (nSPS) is 11.0. The maximum atomic E-state index is 13.3. The zero-order valence-corrected chi connectivity index (χ0v) is 15.3. The number of benzene rings is 2. The van der Waals surface area contributed by atoms with Crippen LogP contribution in [-0.4, -0.2) is 15.0 Å². The summed E-state index contributed by atoms with van der Waals surface area (Å²) in [6.45, 7) is 0.287. The first-order valence-electron chi connectivity index (χ1n) is 8.98. The summed E-state index contributed by atoms with van der Waals surface area (Å²) in [5.74, 6) is -2.57. The molecule has 0 aliphatic rings. The quantitative estimate of drug-likeness (QED) is 0.561. The van der Waals surface area contributed by atoms with Crippen LogP contribution in [0.25, 0.3) is 10.9 Å². The van der Waals surface area contributed by atoms with Gasteiger partial charge >= 0.3 is 0 Å². The number of nitrogens with one attached hydrogen (secondary N) is 1. The third-order valence-electron chi connectivity index (χ3n) is 4.61. The number of aromatic nitrogens is 2. The zero-order valence-electron chi connectivity index (χ0n) is 15.3. The van der Waals surface area contributed by atoms with Crippen molar-refractivity contribution < 1.29 is 13.6 Å². The lowest BCUT2D eigenvalue weighted by atomic mass is 10.2. The second-order valence-corrected chi connectivity index (χ2v) is 6.66. The molecular weight excluding hydrogens is 376 g/mol. The number of halogens is 2. The van der Waals surface area contributed by atoms with E-state index in [1.807, 2.05) is 47.2 Å². The average Bonchev–Trinajstić information content (AvgIpc) is 3.11. The lowest BCUT2D eigenvalue weighted by molar-refractivity contribution is -0.116. The van der Waals surface area contributed by atoms with Crippen LogP contribution in [0.4, 0.5) is 14.5 Å². The van der Waals surface area contributed by atoms with E-state index in [0.29, 0.717) is 12.1 Å². The van der Waals surface area contributed by atoms with Crippen LogP contribution in [0, 0.1) is 11.6 Å². The Balaban J connectivity index is 1.58. The minimum atomic E-state index is -1.06. The smallest absolute Gasteiger partial charge is 0.275 e. The van der Waals surface area contributed by atoms with E-state index in [4.69, 9.17) is 0 Å². The maximum Gasteiger partial charge on any atom is 0.275 e. The Morgan fingerprint density at radius 3 is 2.34 bits per heavy atom. The SMILES string of the molecule is O=C(Cn1ccc2ccn(Cc3ccccc3)c2c1=O)Nc1ccc(F)c(F)c1. The van der Waals surface area contributed by atoms with Gasteiger partial charge in [-0.3, -0.25) is 9.59 Å². The molecule has 2 aromatic carbocycles. The van der Waals surface area contributed by atoms with E-state index in [-0.39, 0.29) is 17.8 Å². The molecule has 2 aromatic heterocycles. The van der Waals surface area contributed by atoms with Gasteiger partial charge < -0.3 is 14.5 Å². The molecule has 29 heavy (non-hydrogen) atoms. The highest BCUT2D eigenvalue weighted by Gasteiger charge is 2.12. The van der Waals surface area contributed by atoms with Gasteiger partial charge in [0.2, 0.25) is 5.91 Å². The predicted molar refractivity (Wildman–Crippen MR) is 107 cm³/mol. The number of anilines is 1. The van der Waals surface area contributed by atoms with Crippen molar-refractivity contribution in [2.75, 3.05) is 5.32 Å². The van der Waals surface area contributed by atoms with Crippen LogP contribution in [0.2, 0.25) is 0 Å². The molecular formula is C22H17F2N3O2. The molecule has 0 saturated carbocycles. The highest BCUT2D eigenvalue weighted by atomic mass is 19.2. The first-order chi connectivity index (χ1) is 14.0. The fraction of sp³-hybridized carbons (Fsp3) is 0.0909. The van der Waals surface area contributed by atoms with E-state index in [0.717, 1.165) is 23.1 Å². The number of fused-ring (bicyclic) bond motifs is 1. The molecule has 0 bridgehead atoms. The number of amides is 1. The van der Waals surface area contributed by atoms with Gasteiger partial charge in [0.25, 0.3) is 5.56 Å². The fourth-order valence-corrected chi connectivity index (χ4v) is 3.21. The number of rotatable bonds is 5. The molecule has 0 aliphatic heterocycles. The van der Waals surface area contributed by atoms with E-state index >= 15 is 0 Å². The van der Waals surface area contributed by atoms with Crippen molar-refractivity contribution in [1.82, 2.24) is 9.13 Å². The summed E-state index contributed by atoms with van der Waals surface area (Å²) >= 11 is 0. The van der Waals surface area contributed by atoms with Gasteiger partial charge in [0, 0.05) is 36.1 Å². The van der Waals surface area contributed by atoms with Gasteiger partial charge in [-0.1, -0.05) is 30.3 Å². The van der Waals surface area contributed by atoms with Crippen molar-refractivity contribution in [2.45, 2.75) is 13.1 Å². The number of pyridine rings is 1. The summed E-state index contributed by atoms with van der Waals surface area (Å²) in [7, 11) is 0. The molecule has 5 nitrogen and oxygen atoms in total. The fourth-order valence-electron chi connectivity index (χ4n) is 3.21. The molecule has 4 aromatic rings. The molecule has 0 fully saturated rings. The number of carbonyl (C=O) groups is 1. The molecule has 0 atom stereocenters. The average molecular weight is 393 g/mol. The topological polar surface area (TPSA) is 56.0 Å². The van der Waals surface area contributed by atoms with Crippen LogP contribution in [-0.2, 0) is 17.9 Å². The second-order valence-electron chi connectivity index (χ2n) is 6.66. The molecule has 2 heterocycles. The van der Waals surface area contributed by atoms with Crippen LogP contribution in [0.15, 0.2) is 77.9 Å². The zero-order chi connectivity index (χ0) is 20.4. The first-order valence-corrected chi connectivity index (χ1v) is 8.98. The molecule has 0 aliphatic carbocycles. The van der Waals surface area contributed by atoms with Crippen LogP contribution >= 0.6 is 0 Å². The number of hydrogen-bond donors (Lipinski definition) is 1. The molecule has 7 heteroatoms. The van der Waals surface area contributed by atoms with E-state index < -0.39 is 17.5 Å². The Labute approximate surface area is 164 Å². The van der Waals surface area contributed by atoms with Gasteiger partial charge in [-0.15, -0.1) is 0 Å². The number of hydrogen-bond acceptors (Lipinski definition) is 2. The van der Waals surface area contributed by atoms with Crippen molar-refractivity contribution in [1.29, 1.82) is 0 Å². The molecule has 1 N–H and O–H groups in total. The van der Waals surface area contributed by atoms with Gasteiger partial charge in [0.15, 0.2) is 11.6 Å². The third kappa shape index (κ3) is 3.94. The Hall–Kier alpha value is -3.74. The molecule has 0 unspecified atom stereocenters. The van der Waals surface area contributed by atoms with Crippen molar-refractivity contribution in [3.05, 3.63) is 101 Å². The van der Waals surface area contributed by atoms with Gasteiger partial charge in [-0.2, -0.15) is 0 Å². The summed E-state index contributed by atoms with van der Waals surface area (Å²) in [6, 6.07) is 16.4. The van der Waals surface area contributed by atoms with Crippen LogP contribution in [0.1, 0.15) is 5.56 Å². The summed E-state index contributed by atoms with van der Waals surface area (Å²) in [5.41, 5.74) is 1.37. The molecule has 4 rings (SSSR count). The van der Waals surface area contributed by atoms with Crippen LogP contribution in [0.5, 0.6) is 0 Å². The highest BCUT2D eigenvalue weighted by Crippen LogP contribution is 2.15. The monoisotopic (exact) mass is 393 g/mol. The van der Waals surface area contributed by atoms with Crippen molar-refractivity contribution in [3.8, 4) is 0 Å². The van der Waals surface area contributed by atoms with Gasteiger partial charge in [-0.25, -0.2) is 8.78 Å². The Kier molecular flexibility index (Phi) is 4.95. The standard InChI is InChI=1S/C22H17F2N3O2/c23-18-7-6-17(12-19(18)24)25-20(28)14-27-11-9-16-8-10-26(21(16)22(27)29)13-15-4-2-1-3-5-15/h1-12H,13-14H2,(H,25,28). The Bertz CT molecular complexity index is 1250. The summed E-state index contributed by atoms with van der Waals surface area (Å²) < 4.78 is 29.4. The number of carbonyl (C=O) groups excluding carboxylic acids is 1. The molecule has 146 valence electrons. The van der Waals surface area contributed by atoms with E-state index in [2.05, 4.69) is 5.32 Å².